The van der Waals surface area contributed by atoms with Crippen LogP contribution in [0, 0.1) is 0 Å². The highest BCUT2D eigenvalue weighted by Crippen LogP contribution is 2.37. The summed E-state index contributed by atoms with van der Waals surface area (Å²) in [5.74, 6) is -0.182. The third-order valence-corrected chi connectivity index (χ3v) is 4.20. The topological polar surface area (TPSA) is 66.9 Å². The van der Waals surface area contributed by atoms with Gasteiger partial charge in [-0.1, -0.05) is 6.92 Å². The van der Waals surface area contributed by atoms with Gasteiger partial charge in [-0.25, -0.2) is 4.90 Å². The smallest absolute Gasteiger partial charge is 0.265 e. The molecule has 6 nitrogen and oxygen atoms in total. The fourth-order valence-electron chi connectivity index (χ4n) is 2.78. The van der Waals surface area contributed by atoms with Gasteiger partial charge in [0.05, 0.1) is 11.4 Å². The molecule has 6 heteroatoms. The van der Waals surface area contributed by atoms with Crippen LogP contribution in [-0.4, -0.2) is 30.9 Å². The summed E-state index contributed by atoms with van der Waals surface area (Å²) >= 11 is 0. The molecule has 3 amide bonds. The molecule has 0 aliphatic carbocycles. The fourth-order valence-corrected chi connectivity index (χ4v) is 2.78. The normalized spacial score (nSPS) is 17.8. The maximum atomic E-state index is 12.3. The Morgan fingerprint density at radius 1 is 1.09 bits per heavy atom. The summed E-state index contributed by atoms with van der Waals surface area (Å²) in [6.07, 6.45) is 0.802. The van der Waals surface area contributed by atoms with Crippen molar-refractivity contribution < 1.29 is 19.1 Å². The number of nitrogens with zero attached hydrogens (tertiary/aromatic N) is 2. The first-order valence-electron chi connectivity index (χ1n) is 7.59. The van der Waals surface area contributed by atoms with Crippen LogP contribution in [0.25, 0.3) is 0 Å². The van der Waals surface area contributed by atoms with Crippen LogP contribution < -0.4 is 14.5 Å². The van der Waals surface area contributed by atoms with Gasteiger partial charge in [-0.05, 0) is 38.5 Å². The van der Waals surface area contributed by atoms with Crippen LogP contribution in [0.15, 0.2) is 29.3 Å². The predicted molar refractivity (Wildman–Crippen MR) is 85.4 cm³/mol. The average Bonchev–Trinajstić information content (AvgIpc) is 2.73. The van der Waals surface area contributed by atoms with Crippen molar-refractivity contribution >= 4 is 29.1 Å². The van der Waals surface area contributed by atoms with Crippen LogP contribution >= 0.6 is 0 Å². The van der Waals surface area contributed by atoms with Gasteiger partial charge < -0.3 is 9.64 Å². The van der Waals surface area contributed by atoms with E-state index in [0.29, 0.717) is 34.8 Å². The van der Waals surface area contributed by atoms with Gasteiger partial charge in [-0.15, -0.1) is 0 Å². The molecule has 1 aromatic rings. The second-order valence-electron chi connectivity index (χ2n) is 5.68. The first-order valence-corrected chi connectivity index (χ1v) is 7.59. The number of anilines is 2. The van der Waals surface area contributed by atoms with E-state index in [2.05, 4.69) is 0 Å². The number of hydrogen-bond acceptors (Lipinski definition) is 4. The Hall–Kier alpha value is -2.63. The molecule has 0 saturated carbocycles. The lowest BCUT2D eigenvalue weighted by molar-refractivity contribution is -0.121. The van der Waals surface area contributed by atoms with Gasteiger partial charge in [0.25, 0.3) is 17.7 Å². The Morgan fingerprint density at radius 2 is 1.74 bits per heavy atom. The Labute approximate surface area is 134 Å². The van der Waals surface area contributed by atoms with E-state index in [1.807, 2.05) is 6.92 Å². The number of imide groups is 1. The Bertz CT molecular complexity index is 727. The molecule has 2 aliphatic rings. The van der Waals surface area contributed by atoms with E-state index in [4.69, 9.17) is 4.74 Å². The number of hydrogen-bond donors (Lipinski definition) is 0. The molecule has 0 fully saturated rings. The average molecular weight is 314 g/mol. The van der Waals surface area contributed by atoms with Gasteiger partial charge >= 0.3 is 0 Å². The highest BCUT2D eigenvalue weighted by Gasteiger charge is 2.35. The van der Waals surface area contributed by atoms with Crippen molar-refractivity contribution in [1.82, 2.24) is 0 Å². The summed E-state index contributed by atoms with van der Waals surface area (Å²) < 4.78 is 5.44. The molecular weight excluding hydrogens is 296 g/mol. The van der Waals surface area contributed by atoms with Crippen LogP contribution in [0.3, 0.4) is 0 Å². The minimum absolute atomic E-state index is 0.00763. The van der Waals surface area contributed by atoms with Crippen molar-refractivity contribution in [2.45, 2.75) is 27.2 Å². The van der Waals surface area contributed by atoms with Crippen molar-refractivity contribution in [3.8, 4) is 5.75 Å². The van der Waals surface area contributed by atoms with Crippen molar-refractivity contribution in [1.29, 1.82) is 0 Å². The number of rotatable bonds is 3. The van der Waals surface area contributed by atoms with E-state index in [9.17, 15) is 14.4 Å². The van der Waals surface area contributed by atoms with E-state index in [1.54, 1.807) is 36.9 Å². The zero-order valence-electron chi connectivity index (χ0n) is 13.4. The number of carbonyl (C=O) groups excluding carboxylic acids is 3. The van der Waals surface area contributed by atoms with Gasteiger partial charge in [-0.3, -0.25) is 14.4 Å². The Balaban J connectivity index is 2.03. The lowest BCUT2D eigenvalue weighted by Crippen LogP contribution is -2.39. The molecule has 0 bridgehead atoms. The zero-order valence-corrected chi connectivity index (χ0v) is 13.4. The quantitative estimate of drug-likeness (QED) is 0.801. The number of ether oxygens (including phenoxy) is 1. The summed E-state index contributed by atoms with van der Waals surface area (Å²) in [5, 5.41) is 0. The van der Waals surface area contributed by atoms with Crippen LogP contribution in [0.1, 0.15) is 27.2 Å². The molecule has 23 heavy (non-hydrogen) atoms. The lowest BCUT2D eigenvalue weighted by atomic mass is 10.2. The number of benzene rings is 1. The summed E-state index contributed by atoms with van der Waals surface area (Å²) in [7, 11) is 0. The predicted octanol–water partition coefficient (Wildman–Crippen LogP) is 2.03. The molecular formula is C17H18N2O4. The molecule has 0 saturated heterocycles. The molecule has 120 valence electrons. The first kappa shape index (κ1) is 15.3. The minimum Gasteiger partial charge on any atom is -0.482 e. The van der Waals surface area contributed by atoms with Crippen LogP contribution in [-0.2, 0) is 14.4 Å². The SMILES string of the molecule is CCCN1C(=O)COc2ccc(N3C(=O)C(C)=C(C)C3=O)cc21. The number of carbonyl (C=O) groups is 3. The van der Waals surface area contributed by atoms with Crippen molar-refractivity contribution in [3.63, 3.8) is 0 Å². The van der Waals surface area contributed by atoms with Crippen molar-refractivity contribution in [2.75, 3.05) is 23.0 Å². The summed E-state index contributed by atoms with van der Waals surface area (Å²) in [6, 6.07) is 5.04. The Kier molecular flexibility index (Phi) is 3.67. The molecule has 0 radical (unpaired) electrons. The van der Waals surface area contributed by atoms with Crippen molar-refractivity contribution in [2.24, 2.45) is 0 Å². The van der Waals surface area contributed by atoms with Crippen LogP contribution in [0.4, 0.5) is 11.4 Å². The zero-order chi connectivity index (χ0) is 16.7. The largest absolute Gasteiger partial charge is 0.482 e. The van der Waals surface area contributed by atoms with Gasteiger partial charge in [-0.2, -0.15) is 0 Å². The lowest BCUT2D eigenvalue weighted by Gasteiger charge is -2.30. The summed E-state index contributed by atoms with van der Waals surface area (Å²) in [6.45, 7) is 5.84. The van der Waals surface area contributed by atoms with E-state index in [0.717, 1.165) is 11.3 Å². The van der Waals surface area contributed by atoms with Gasteiger partial charge in [0.2, 0.25) is 0 Å². The molecule has 1 aromatic carbocycles. The Morgan fingerprint density at radius 3 is 2.35 bits per heavy atom. The molecule has 3 rings (SSSR count). The molecule has 2 aliphatic heterocycles. The van der Waals surface area contributed by atoms with Crippen LogP contribution in [0.5, 0.6) is 5.75 Å². The second kappa shape index (κ2) is 5.53. The maximum absolute atomic E-state index is 12.3. The standard InChI is InChI=1S/C17H18N2O4/c1-4-7-18-13-8-12(5-6-14(13)23-9-15(18)20)19-16(21)10(2)11(3)17(19)22/h5-6,8H,4,7,9H2,1-3H3. The van der Waals surface area contributed by atoms with E-state index in [-0.39, 0.29) is 24.3 Å². The monoisotopic (exact) mass is 314 g/mol. The van der Waals surface area contributed by atoms with Gasteiger partial charge in [0, 0.05) is 17.7 Å². The third-order valence-electron chi connectivity index (χ3n) is 4.20. The third kappa shape index (κ3) is 2.30. The van der Waals surface area contributed by atoms with Gasteiger partial charge in [0.1, 0.15) is 5.75 Å². The van der Waals surface area contributed by atoms with Crippen molar-refractivity contribution in [3.05, 3.63) is 29.3 Å². The van der Waals surface area contributed by atoms with Crippen LogP contribution in [0.2, 0.25) is 0 Å². The number of fused-ring (bicyclic) bond motifs is 1. The second-order valence-corrected chi connectivity index (χ2v) is 5.68. The highest BCUT2D eigenvalue weighted by atomic mass is 16.5. The van der Waals surface area contributed by atoms with E-state index in [1.165, 1.54) is 0 Å². The summed E-state index contributed by atoms with van der Waals surface area (Å²) in [4.78, 5) is 39.4. The molecule has 2 heterocycles. The highest BCUT2D eigenvalue weighted by molar-refractivity contribution is 6.32. The first-order chi connectivity index (χ1) is 11.0. The molecule has 0 N–H and O–H groups in total. The molecule has 0 spiro atoms. The molecule has 0 atom stereocenters. The maximum Gasteiger partial charge on any atom is 0.265 e. The summed E-state index contributed by atoms with van der Waals surface area (Å²) in [5.41, 5.74) is 1.95. The number of amides is 3. The fraction of sp³-hybridized carbons (Fsp3) is 0.353. The molecule has 0 unspecified atom stereocenters. The van der Waals surface area contributed by atoms with Gasteiger partial charge in [0.15, 0.2) is 6.61 Å². The van der Waals surface area contributed by atoms with E-state index >= 15 is 0 Å². The van der Waals surface area contributed by atoms with E-state index < -0.39 is 0 Å². The minimum atomic E-state index is -0.322. The molecule has 0 aromatic heterocycles.